The SMILES string of the molecule is CCCn1cc(C2=C(Nc3ccc4c(c3)CNCC4)NC(N)(c3cc(C(F)(F)F)cc(C(F)(F)F)c3)N=C2)cn1. The third kappa shape index (κ3) is 5.70. The van der Waals surface area contributed by atoms with Crippen LogP contribution >= 0.6 is 0 Å². The smallest absolute Gasteiger partial charge is 0.341 e. The lowest BCUT2D eigenvalue weighted by Gasteiger charge is -2.34. The van der Waals surface area contributed by atoms with E-state index in [0.29, 0.717) is 42.0 Å². The summed E-state index contributed by atoms with van der Waals surface area (Å²) in [7, 11) is 0. The quantitative estimate of drug-likeness (QED) is 0.310. The van der Waals surface area contributed by atoms with Gasteiger partial charge in [-0.05, 0) is 60.8 Å². The maximum atomic E-state index is 13.6. The van der Waals surface area contributed by atoms with Crippen molar-refractivity contribution in [3.63, 3.8) is 0 Å². The van der Waals surface area contributed by atoms with Gasteiger partial charge in [0, 0.05) is 47.9 Å². The summed E-state index contributed by atoms with van der Waals surface area (Å²) in [6.07, 6.45) is -3.64. The molecule has 0 spiro atoms. The fraction of sp³-hybridized carbons (Fsp3) is 0.333. The van der Waals surface area contributed by atoms with Gasteiger partial charge in [0.25, 0.3) is 0 Å². The highest BCUT2D eigenvalue weighted by molar-refractivity contribution is 6.12. The lowest BCUT2D eigenvalue weighted by atomic mass is 9.98. The number of nitrogens with two attached hydrogens (primary N) is 1. The number of halogens is 6. The number of nitrogens with zero attached hydrogens (tertiary/aromatic N) is 3. The van der Waals surface area contributed by atoms with Crippen LogP contribution in [-0.2, 0) is 37.6 Å². The first kappa shape index (κ1) is 27.7. The molecule has 1 atom stereocenters. The number of aromatic nitrogens is 2. The van der Waals surface area contributed by atoms with Crippen molar-refractivity contribution in [2.45, 2.75) is 51.0 Å². The summed E-state index contributed by atoms with van der Waals surface area (Å²) < 4.78 is 83.2. The first-order valence-electron chi connectivity index (χ1n) is 12.6. The maximum Gasteiger partial charge on any atom is 0.416 e. The molecule has 0 fully saturated rings. The van der Waals surface area contributed by atoms with E-state index >= 15 is 0 Å². The van der Waals surface area contributed by atoms with Crippen molar-refractivity contribution in [2.24, 2.45) is 10.7 Å². The predicted octanol–water partition coefficient (Wildman–Crippen LogP) is 5.20. The number of hydrogen-bond acceptors (Lipinski definition) is 6. The fourth-order valence-electron chi connectivity index (χ4n) is 4.72. The third-order valence-corrected chi connectivity index (χ3v) is 6.77. The lowest BCUT2D eigenvalue weighted by Crippen LogP contribution is -2.52. The van der Waals surface area contributed by atoms with E-state index in [9.17, 15) is 26.3 Å². The van der Waals surface area contributed by atoms with Crippen LogP contribution in [0.5, 0.6) is 0 Å². The van der Waals surface area contributed by atoms with Gasteiger partial charge in [-0.15, -0.1) is 0 Å². The van der Waals surface area contributed by atoms with E-state index in [2.05, 4.69) is 26.0 Å². The van der Waals surface area contributed by atoms with Gasteiger partial charge < -0.3 is 16.0 Å². The van der Waals surface area contributed by atoms with E-state index in [-0.39, 0.29) is 11.9 Å². The van der Waals surface area contributed by atoms with Crippen LogP contribution in [0.25, 0.3) is 5.57 Å². The molecule has 0 amide bonds. The first-order valence-corrected chi connectivity index (χ1v) is 12.6. The molecular formula is C27H27F6N7. The minimum Gasteiger partial charge on any atom is -0.341 e. The molecule has 0 bridgehead atoms. The van der Waals surface area contributed by atoms with Crippen LogP contribution in [0.15, 0.2) is 59.6 Å². The number of alkyl halides is 6. The Hall–Kier alpha value is -3.84. The van der Waals surface area contributed by atoms with Crippen molar-refractivity contribution < 1.29 is 26.3 Å². The van der Waals surface area contributed by atoms with E-state index in [1.807, 2.05) is 25.1 Å². The Bertz CT molecular complexity index is 1440. The van der Waals surface area contributed by atoms with Crippen molar-refractivity contribution in [2.75, 3.05) is 11.9 Å². The molecule has 13 heteroatoms. The van der Waals surface area contributed by atoms with Gasteiger partial charge in [-0.1, -0.05) is 13.0 Å². The summed E-state index contributed by atoms with van der Waals surface area (Å²) in [5, 5.41) is 13.7. The molecule has 1 aromatic heterocycles. The molecule has 5 N–H and O–H groups in total. The predicted molar refractivity (Wildman–Crippen MR) is 139 cm³/mol. The van der Waals surface area contributed by atoms with Crippen molar-refractivity contribution in [1.29, 1.82) is 0 Å². The number of fused-ring (bicyclic) bond motifs is 1. The summed E-state index contributed by atoms with van der Waals surface area (Å²) in [6.45, 7) is 4.18. The summed E-state index contributed by atoms with van der Waals surface area (Å²) in [4.78, 5) is 4.22. The molecule has 3 heterocycles. The minimum absolute atomic E-state index is 0.0586. The van der Waals surface area contributed by atoms with Crippen LogP contribution in [0.3, 0.4) is 0 Å². The van der Waals surface area contributed by atoms with Crippen LogP contribution in [0, 0.1) is 0 Å². The molecule has 2 aliphatic rings. The zero-order valence-electron chi connectivity index (χ0n) is 21.4. The van der Waals surface area contributed by atoms with Crippen LogP contribution in [0.4, 0.5) is 32.0 Å². The molecule has 2 aromatic carbocycles. The highest BCUT2D eigenvalue weighted by Crippen LogP contribution is 2.39. The summed E-state index contributed by atoms with van der Waals surface area (Å²) in [6, 6.07) is 6.98. The average molecular weight is 564 g/mol. The molecular weight excluding hydrogens is 536 g/mol. The Morgan fingerprint density at radius 2 is 1.75 bits per heavy atom. The van der Waals surface area contributed by atoms with Gasteiger partial charge >= 0.3 is 12.4 Å². The largest absolute Gasteiger partial charge is 0.416 e. The monoisotopic (exact) mass is 563 g/mol. The molecule has 1 unspecified atom stereocenters. The second-order valence-corrected chi connectivity index (χ2v) is 9.76. The standard InChI is InChI=1S/C27H27F6N7/c1-2-7-40-15-18(13-37-40)23-14-36-27(34,21-10-19(25(28,29)30)9-20(11-21)26(31,32)33)39-24(23)38-22-4-3-16-5-6-35-12-17(16)8-22/h3-4,8-11,13-15,35,38-39H,2,5-7,12,34H2,1H3. The van der Waals surface area contributed by atoms with Crippen molar-refractivity contribution in [3.8, 4) is 0 Å². The van der Waals surface area contributed by atoms with E-state index in [1.54, 1.807) is 17.1 Å². The second-order valence-electron chi connectivity index (χ2n) is 9.76. The fourth-order valence-corrected chi connectivity index (χ4v) is 4.72. The number of benzene rings is 2. The Kier molecular flexibility index (Phi) is 7.13. The number of anilines is 1. The number of nitrogens with one attached hydrogen (secondary N) is 3. The zero-order valence-corrected chi connectivity index (χ0v) is 21.4. The van der Waals surface area contributed by atoms with Gasteiger partial charge in [0.1, 0.15) is 5.82 Å². The molecule has 2 aliphatic heterocycles. The average Bonchev–Trinajstić information content (AvgIpc) is 3.36. The van der Waals surface area contributed by atoms with Crippen molar-refractivity contribution >= 4 is 17.5 Å². The zero-order chi connectivity index (χ0) is 28.7. The Morgan fingerprint density at radius 3 is 2.42 bits per heavy atom. The Balaban J connectivity index is 1.58. The maximum absolute atomic E-state index is 13.6. The molecule has 40 heavy (non-hydrogen) atoms. The normalized spacial score (nSPS) is 19.4. The van der Waals surface area contributed by atoms with Crippen LogP contribution < -0.4 is 21.7 Å². The molecule has 0 aliphatic carbocycles. The van der Waals surface area contributed by atoms with Gasteiger partial charge in [-0.2, -0.15) is 31.4 Å². The molecule has 5 rings (SSSR count). The molecule has 0 saturated heterocycles. The van der Waals surface area contributed by atoms with Gasteiger partial charge in [0.05, 0.1) is 17.3 Å². The second kappa shape index (κ2) is 10.3. The van der Waals surface area contributed by atoms with Gasteiger partial charge in [0.2, 0.25) is 5.79 Å². The number of aryl methyl sites for hydroxylation is 1. The topological polar surface area (TPSA) is 92.3 Å². The highest BCUT2D eigenvalue weighted by Gasteiger charge is 2.40. The molecule has 212 valence electrons. The molecule has 3 aromatic rings. The number of aliphatic imine (C=N–C) groups is 1. The Morgan fingerprint density at radius 1 is 1.02 bits per heavy atom. The lowest BCUT2D eigenvalue weighted by molar-refractivity contribution is -0.143. The summed E-state index contributed by atoms with van der Waals surface area (Å²) in [5.74, 6) is -1.88. The third-order valence-electron chi connectivity index (χ3n) is 6.77. The van der Waals surface area contributed by atoms with Crippen LogP contribution in [-0.4, -0.2) is 22.5 Å². The molecule has 7 nitrogen and oxygen atoms in total. The van der Waals surface area contributed by atoms with Gasteiger partial charge in [-0.3, -0.25) is 10.4 Å². The molecule has 0 saturated carbocycles. The van der Waals surface area contributed by atoms with Crippen molar-refractivity contribution in [3.05, 3.63) is 88.0 Å². The summed E-state index contributed by atoms with van der Waals surface area (Å²) >= 11 is 0. The van der Waals surface area contributed by atoms with Crippen LogP contribution in [0.2, 0.25) is 0 Å². The minimum atomic E-state index is -5.03. The van der Waals surface area contributed by atoms with Crippen molar-refractivity contribution in [1.82, 2.24) is 20.4 Å². The molecule has 0 radical (unpaired) electrons. The van der Waals surface area contributed by atoms with Gasteiger partial charge in [0.15, 0.2) is 0 Å². The highest BCUT2D eigenvalue weighted by atomic mass is 19.4. The summed E-state index contributed by atoms with van der Waals surface area (Å²) in [5.41, 5.74) is 6.98. The number of allylic oxidation sites excluding steroid dienone is 1. The van der Waals surface area contributed by atoms with Crippen LogP contribution in [0.1, 0.15) is 46.7 Å². The van der Waals surface area contributed by atoms with E-state index < -0.39 is 34.8 Å². The van der Waals surface area contributed by atoms with Gasteiger partial charge in [-0.25, -0.2) is 4.99 Å². The van der Waals surface area contributed by atoms with E-state index in [0.717, 1.165) is 24.9 Å². The van der Waals surface area contributed by atoms with E-state index in [4.69, 9.17) is 5.73 Å². The first-order chi connectivity index (χ1) is 18.9. The number of hydrogen-bond donors (Lipinski definition) is 4. The Labute approximate surface area is 226 Å². The number of rotatable bonds is 6. The van der Waals surface area contributed by atoms with E-state index in [1.165, 1.54) is 11.8 Å².